The van der Waals surface area contributed by atoms with Crippen LogP contribution < -0.4 is 0 Å². The van der Waals surface area contributed by atoms with Crippen LogP contribution in [0.2, 0.25) is 0 Å². The molecule has 1 aromatic carbocycles. The Morgan fingerprint density at radius 3 is 1.68 bits per heavy atom. The van der Waals surface area contributed by atoms with Gasteiger partial charge in [-0.3, -0.25) is 4.98 Å². The summed E-state index contributed by atoms with van der Waals surface area (Å²) in [5.41, 5.74) is -4.29. The Morgan fingerprint density at radius 1 is 0.818 bits per heavy atom. The molecule has 0 spiro atoms. The van der Waals surface area contributed by atoms with Crippen LogP contribution in [0.3, 0.4) is 0 Å². The summed E-state index contributed by atoms with van der Waals surface area (Å²) in [4.78, 5) is 2.94. The van der Waals surface area contributed by atoms with Crippen molar-refractivity contribution >= 4 is 0 Å². The lowest BCUT2D eigenvalue weighted by atomic mass is 10.1. The molecule has 0 aliphatic carbocycles. The number of nitrogens with zero attached hydrogens (tertiary/aromatic N) is 1. The Morgan fingerprint density at radius 2 is 1.27 bits per heavy atom. The fraction of sp³-hybridized carbons (Fsp3) is 0.0833. The lowest BCUT2D eigenvalue weighted by Crippen LogP contribution is -2.08. The van der Waals surface area contributed by atoms with E-state index >= 15 is 0 Å². The number of pyridine rings is 1. The van der Waals surface area contributed by atoms with Gasteiger partial charge in [-0.05, 0) is 6.07 Å². The van der Waals surface area contributed by atoms with Gasteiger partial charge >= 0.3 is 6.18 Å². The number of alkyl halides is 3. The molecule has 0 amide bonds. The maximum Gasteiger partial charge on any atom is 0.418 e. The van der Waals surface area contributed by atoms with E-state index in [-0.39, 0.29) is 12.3 Å². The predicted molar refractivity (Wildman–Crippen MR) is 56.1 cm³/mol. The Kier molecular flexibility index (Phi) is 3.71. The Bertz CT molecular complexity index is 727. The van der Waals surface area contributed by atoms with Crippen molar-refractivity contribution in [1.29, 1.82) is 0 Å². The molecule has 2 aromatic rings. The minimum Gasteiger partial charge on any atom is -0.506 e. The van der Waals surface area contributed by atoms with Crippen LogP contribution in [0.4, 0.5) is 35.1 Å². The average Bonchev–Trinajstić information content (AvgIpc) is 2.43. The molecule has 10 heteroatoms. The van der Waals surface area contributed by atoms with E-state index in [9.17, 15) is 40.2 Å². The molecular formula is C12H3F8NO. The van der Waals surface area contributed by atoms with Crippen LogP contribution >= 0.6 is 0 Å². The molecule has 0 radical (unpaired) electrons. The van der Waals surface area contributed by atoms with Crippen LogP contribution in [-0.4, -0.2) is 10.1 Å². The molecule has 0 saturated carbocycles. The number of halogens is 8. The van der Waals surface area contributed by atoms with Crippen molar-refractivity contribution in [2.75, 3.05) is 0 Å². The van der Waals surface area contributed by atoms with E-state index in [1.807, 2.05) is 0 Å². The smallest absolute Gasteiger partial charge is 0.418 e. The summed E-state index contributed by atoms with van der Waals surface area (Å²) >= 11 is 0. The molecule has 1 heterocycles. The molecule has 22 heavy (non-hydrogen) atoms. The van der Waals surface area contributed by atoms with Crippen molar-refractivity contribution in [3.05, 3.63) is 46.9 Å². The molecule has 1 aromatic heterocycles. The van der Waals surface area contributed by atoms with Gasteiger partial charge in [-0.1, -0.05) is 0 Å². The second-order valence-electron chi connectivity index (χ2n) is 4.03. The maximum absolute atomic E-state index is 13.5. The summed E-state index contributed by atoms with van der Waals surface area (Å²) in [6.45, 7) is 0. The summed E-state index contributed by atoms with van der Waals surface area (Å²) in [7, 11) is 0. The van der Waals surface area contributed by atoms with Gasteiger partial charge in [0.2, 0.25) is 5.82 Å². The second-order valence-corrected chi connectivity index (χ2v) is 4.03. The van der Waals surface area contributed by atoms with Crippen LogP contribution in [-0.2, 0) is 6.18 Å². The fourth-order valence-electron chi connectivity index (χ4n) is 1.61. The first-order valence-electron chi connectivity index (χ1n) is 5.33. The summed E-state index contributed by atoms with van der Waals surface area (Å²) in [6.07, 6.45) is -4.83. The van der Waals surface area contributed by atoms with Crippen molar-refractivity contribution in [1.82, 2.24) is 4.98 Å². The van der Waals surface area contributed by atoms with E-state index in [4.69, 9.17) is 0 Å². The number of benzene rings is 1. The third-order valence-electron chi connectivity index (χ3n) is 2.64. The minimum absolute atomic E-state index is 0.0559. The molecule has 118 valence electrons. The second kappa shape index (κ2) is 5.11. The highest BCUT2D eigenvalue weighted by Gasteiger charge is 2.34. The number of aromatic nitrogens is 1. The Labute approximate surface area is 116 Å². The van der Waals surface area contributed by atoms with Gasteiger partial charge in [0, 0.05) is 6.20 Å². The van der Waals surface area contributed by atoms with Gasteiger partial charge in [0.05, 0.1) is 11.1 Å². The van der Waals surface area contributed by atoms with Crippen LogP contribution in [0, 0.1) is 29.1 Å². The molecule has 0 saturated heterocycles. The van der Waals surface area contributed by atoms with Crippen LogP contribution in [0.15, 0.2) is 12.3 Å². The van der Waals surface area contributed by atoms with E-state index in [0.717, 1.165) is 0 Å². The molecule has 0 aliphatic rings. The summed E-state index contributed by atoms with van der Waals surface area (Å²) in [5, 5.41) is 9.37. The first-order valence-corrected chi connectivity index (χ1v) is 5.33. The lowest BCUT2D eigenvalue weighted by Gasteiger charge is -2.11. The summed E-state index contributed by atoms with van der Waals surface area (Å²) in [6, 6.07) is 0.0559. The normalized spacial score (nSPS) is 11.8. The molecule has 0 atom stereocenters. The molecule has 0 unspecified atom stereocenters. The third kappa shape index (κ3) is 2.44. The van der Waals surface area contributed by atoms with Gasteiger partial charge in [0.1, 0.15) is 11.4 Å². The van der Waals surface area contributed by atoms with E-state index in [0.29, 0.717) is 0 Å². The summed E-state index contributed by atoms with van der Waals surface area (Å²) in [5.74, 6) is -13.1. The molecule has 2 rings (SSSR count). The van der Waals surface area contributed by atoms with Crippen molar-refractivity contribution in [2.24, 2.45) is 0 Å². The topological polar surface area (TPSA) is 33.1 Å². The Balaban J connectivity index is 2.74. The number of aromatic hydroxyl groups is 1. The zero-order valence-corrected chi connectivity index (χ0v) is 10.1. The fourth-order valence-corrected chi connectivity index (χ4v) is 1.61. The largest absolute Gasteiger partial charge is 0.506 e. The van der Waals surface area contributed by atoms with Gasteiger partial charge in [0.15, 0.2) is 23.3 Å². The highest BCUT2D eigenvalue weighted by atomic mass is 19.4. The molecular weight excluding hydrogens is 326 g/mol. The quantitative estimate of drug-likeness (QED) is 0.484. The molecule has 0 fully saturated rings. The van der Waals surface area contributed by atoms with Gasteiger partial charge in [-0.2, -0.15) is 13.2 Å². The number of rotatable bonds is 1. The van der Waals surface area contributed by atoms with E-state index in [1.165, 1.54) is 0 Å². The molecule has 2 nitrogen and oxygen atoms in total. The first kappa shape index (κ1) is 16.0. The standard InChI is InChI=1S/C12H3F8NO/c13-6-5(7(14)9(16)10(17)8(6)15)11-4(22)1-3(2-21-11)12(18,19)20/h1-2,22H. The van der Waals surface area contributed by atoms with E-state index < -0.39 is 57.8 Å². The van der Waals surface area contributed by atoms with Gasteiger partial charge in [0.25, 0.3) is 0 Å². The first-order chi connectivity index (χ1) is 10.1. The lowest BCUT2D eigenvalue weighted by molar-refractivity contribution is -0.137. The number of hydrogen-bond donors (Lipinski definition) is 1. The zero-order chi connectivity index (χ0) is 16.8. The summed E-state index contributed by atoms with van der Waals surface area (Å²) < 4.78 is 103. The molecule has 1 N–H and O–H groups in total. The SMILES string of the molecule is Oc1cc(C(F)(F)F)cnc1-c1c(F)c(F)c(F)c(F)c1F. The van der Waals surface area contributed by atoms with E-state index in [1.54, 1.807) is 0 Å². The van der Waals surface area contributed by atoms with Crippen molar-refractivity contribution in [2.45, 2.75) is 6.18 Å². The highest BCUT2D eigenvalue weighted by Crippen LogP contribution is 2.38. The third-order valence-corrected chi connectivity index (χ3v) is 2.64. The maximum atomic E-state index is 13.5. The van der Waals surface area contributed by atoms with Gasteiger partial charge in [-0.15, -0.1) is 0 Å². The van der Waals surface area contributed by atoms with E-state index in [2.05, 4.69) is 4.98 Å². The zero-order valence-electron chi connectivity index (χ0n) is 10.1. The van der Waals surface area contributed by atoms with Gasteiger partial charge in [-0.25, -0.2) is 22.0 Å². The van der Waals surface area contributed by atoms with Crippen molar-refractivity contribution < 1.29 is 40.2 Å². The Hall–Kier alpha value is -2.39. The van der Waals surface area contributed by atoms with Crippen molar-refractivity contribution in [3.8, 4) is 17.0 Å². The van der Waals surface area contributed by atoms with Gasteiger partial charge < -0.3 is 5.11 Å². The van der Waals surface area contributed by atoms with Crippen LogP contribution in [0.25, 0.3) is 11.3 Å². The highest BCUT2D eigenvalue weighted by molar-refractivity contribution is 5.67. The predicted octanol–water partition coefficient (Wildman–Crippen LogP) is 4.17. The monoisotopic (exact) mass is 329 g/mol. The van der Waals surface area contributed by atoms with Crippen LogP contribution in [0.1, 0.15) is 5.56 Å². The molecule has 0 bridgehead atoms. The molecule has 0 aliphatic heterocycles. The van der Waals surface area contributed by atoms with Crippen molar-refractivity contribution in [3.63, 3.8) is 0 Å². The number of hydrogen-bond acceptors (Lipinski definition) is 2. The average molecular weight is 329 g/mol. The van der Waals surface area contributed by atoms with Crippen LogP contribution in [0.5, 0.6) is 5.75 Å². The minimum atomic E-state index is -4.92.